The molecule has 27 heteroatoms. The Hall–Kier alpha value is -4.53. The highest BCUT2D eigenvalue weighted by Gasteiger charge is 2.95. The van der Waals surface area contributed by atoms with Gasteiger partial charge in [-0.25, -0.2) is 10.3 Å². The second kappa shape index (κ2) is 21.8. The summed E-state index contributed by atoms with van der Waals surface area (Å²) in [6.07, 6.45) is -9.73. The second-order valence-electron chi connectivity index (χ2n) is 15.7. The number of hydrogen-bond donors (Lipinski definition) is 3. The Morgan fingerprint density at radius 2 is 1.16 bits per heavy atom. The lowest BCUT2D eigenvalue weighted by Crippen LogP contribution is -2.74. The third kappa shape index (κ3) is 12.4. The quantitative estimate of drug-likeness (QED) is 0.0227. The lowest BCUT2D eigenvalue weighted by atomic mass is 9.88. The monoisotopic (exact) mass is 1020 g/mol. The number of nitrogens with one attached hydrogen (secondary N) is 2. The van der Waals surface area contributed by atoms with Crippen LogP contribution >= 0.6 is 0 Å². The maximum atomic E-state index is 15.0. The Morgan fingerprint density at radius 3 is 1.63 bits per heavy atom. The van der Waals surface area contributed by atoms with Crippen LogP contribution in [0, 0.1) is 0 Å². The molecule has 0 unspecified atom stereocenters. The van der Waals surface area contributed by atoms with Crippen molar-refractivity contribution in [2.45, 2.75) is 131 Å². The maximum absolute atomic E-state index is 15.0. The number of unbranched alkanes of at least 4 members (excludes halogenated alkanes) is 1. The van der Waals surface area contributed by atoms with Crippen LogP contribution in [0.4, 0.5) is 85.1 Å². The molecule has 0 aliphatic carbocycles. The number of allylic oxidation sites excluding steroid dienone is 1. The van der Waals surface area contributed by atoms with Gasteiger partial charge in [-0.1, -0.05) is 45.9 Å². The number of anilines is 1. The lowest BCUT2D eigenvalue weighted by Gasteiger charge is -2.44. The van der Waals surface area contributed by atoms with Crippen molar-refractivity contribution in [3.8, 4) is 11.5 Å². The molecule has 0 saturated carbocycles. The number of ether oxygens (including phenoxy) is 3. The molecule has 0 heterocycles. The SMILES string of the molecule is COc1ccc(NC(=O)O[C@@H](CCC/C=C(\C)C(=O)NO)c2ccc(OCCO[Si](CCC(F)(F)C(F)(F)C(F)(F)C(F)(F)C(F)(F)C(F)(F)C(F)(F)C(F)(F)F)(C(C)C)C(C)C)cc2)cc1. The van der Waals surface area contributed by atoms with Gasteiger partial charge in [-0.15, -0.1) is 0 Å². The lowest BCUT2D eigenvalue weighted by molar-refractivity contribution is -0.461. The number of rotatable bonds is 25. The second-order valence-corrected chi connectivity index (χ2v) is 20.7. The molecule has 0 fully saturated rings. The summed E-state index contributed by atoms with van der Waals surface area (Å²) in [5, 5.41) is 11.4. The average Bonchev–Trinajstić information content (AvgIpc) is 3.23. The summed E-state index contributed by atoms with van der Waals surface area (Å²) in [4.78, 5) is 24.5. The number of carbonyl (C=O) groups excluding carboxylic acids is 2. The predicted octanol–water partition coefficient (Wildman–Crippen LogP) is 13.2. The fourth-order valence-electron chi connectivity index (χ4n) is 6.57. The molecule has 67 heavy (non-hydrogen) atoms. The molecule has 2 amide bonds. The smallest absolute Gasteiger partial charge is 0.460 e. The van der Waals surface area contributed by atoms with Crippen LogP contribution in [0.15, 0.2) is 60.2 Å². The van der Waals surface area contributed by atoms with Gasteiger partial charge >= 0.3 is 53.7 Å². The first-order valence-corrected chi connectivity index (χ1v) is 22.0. The molecule has 0 saturated heterocycles. The van der Waals surface area contributed by atoms with E-state index in [-0.39, 0.29) is 17.7 Å². The van der Waals surface area contributed by atoms with Gasteiger partial charge in [0.05, 0.1) is 13.7 Å². The van der Waals surface area contributed by atoms with E-state index in [0.29, 0.717) is 29.8 Å². The standard InChI is InChI=1S/C40H47F17N2O7Si/c1-23(2)67(24(3)4,22-19-33(41,42)34(43,44)35(45,46)36(47,48)37(49,50)38(51,52)39(53,54)40(55,56)57)65-21-20-64-29-15-11-26(12-16-29)30(10-8-7-9-25(5)31(60)59-62)66-32(61)58-27-13-17-28(63-6)18-14-27/h9,11-18,23-24,30,62H,7-8,10,19-22H2,1-6H3,(H,58,61)(H,59,60)/b25-9+/t30-/m0/s1. The number of alkyl halides is 17. The predicted molar refractivity (Wildman–Crippen MR) is 207 cm³/mol. The van der Waals surface area contributed by atoms with E-state index in [0.717, 1.165) is 0 Å². The minimum atomic E-state index is -8.70. The summed E-state index contributed by atoms with van der Waals surface area (Å²) in [5.41, 5.74) is 0.711. The van der Waals surface area contributed by atoms with E-state index >= 15 is 8.78 Å². The maximum Gasteiger partial charge on any atom is 0.460 e. The van der Waals surface area contributed by atoms with Crippen molar-refractivity contribution < 1.29 is 108 Å². The van der Waals surface area contributed by atoms with E-state index in [2.05, 4.69) is 5.32 Å². The number of carbonyl (C=O) groups is 2. The van der Waals surface area contributed by atoms with Crippen LogP contribution in [-0.2, 0) is 14.0 Å². The van der Waals surface area contributed by atoms with E-state index in [1.165, 1.54) is 77.6 Å². The molecule has 9 nitrogen and oxygen atoms in total. The number of halogens is 17. The molecule has 382 valence electrons. The summed E-state index contributed by atoms with van der Waals surface area (Å²) >= 11 is 0. The van der Waals surface area contributed by atoms with Gasteiger partial charge in [0.15, 0.2) is 8.32 Å². The van der Waals surface area contributed by atoms with Crippen molar-refractivity contribution in [1.29, 1.82) is 0 Å². The van der Waals surface area contributed by atoms with Crippen molar-refractivity contribution in [2.24, 2.45) is 0 Å². The van der Waals surface area contributed by atoms with Crippen LogP contribution in [0.1, 0.15) is 72.0 Å². The number of methoxy groups -OCH3 is 1. The summed E-state index contributed by atoms with van der Waals surface area (Å²) < 4.78 is 258. The Labute approximate surface area is 373 Å². The van der Waals surface area contributed by atoms with Gasteiger partial charge in [0.1, 0.15) is 24.2 Å². The Morgan fingerprint density at radius 1 is 0.687 bits per heavy atom. The van der Waals surface area contributed by atoms with Crippen molar-refractivity contribution >= 4 is 26.0 Å². The molecule has 0 spiro atoms. The van der Waals surface area contributed by atoms with E-state index in [1.807, 2.05) is 0 Å². The van der Waals surface area contributed by atoms with Gasteiger partial charge in [-0.3, -0.25) is 15.3 Å². The fraction of sp³-hybridized carbons (Fsp3) is 0.600. The zero-order chi connectivity index (χ0) is 51.8. The minimum Gasteiger partial charge on any atom is -0.497 e. The van der Waals surface area contributed by atoms with Crippen molar-refractivity contribution in [3.05, 3.63) is 65.7 Å². The number of benzene rings is 2. The molecule has 0 bridgehead atoms. The van der Waals surface area contributed by atoms with Gasteiger partial charge in [0.25, 0.3) is 5.91 Å². The van der Waals surface area contributed by atoms with Crippen LogP contribution in [0.5, 0.6) is 11.5 Å². The van der Waals surface area contributed by atoms with Crippen LogP contribution in [0.2, 0.25) is 17.1 Å². The molecule has 3 N–H and O–H groups in total. The first-order valence-electron chi connectivity index (χ1n) is 19.8. The molecule has 0 aromatic heterocycles. The molecular formula is C40H47F17N2O7Si. The van der Waals surface area contributed by atoms with Gasteiger partial charge < -0.3 is 18.6 Å². The van der Waals surface area contributed by atoms with Gasteiger partial charge in [-0.05, 0) is 85.3 Å². The largest absolute Gasteiger partial charge is 0.497 e. The zero-order valence-electron chi connectivity index (χ0n) is 36.2. The van der Waals surface area contributed by atoms with Crippen LogP contribution < -0.4 is 20.3 Å². The Kier molecular flexibility index (Phi) is 19.1. The van der Waals surface area contributed by atoms with Crippen molar-refractivity contribution in [1.82, 2.24) is 5.48 Å². The summed E-state index contributed by atoms with van der Waals surface area (Å²) in [5.74, 6) is -57.0. The van der Waals surface area contributed by atoms with E-state index in [4.69, 9.17) is 23.8 Å². The Balaban J connectivity index is 2.27. The van der Waals surface area contributed by atoms with Gasteiger partial charge in [0, 0.05) is 17.7 Å². The average molecular weight is 1020 g/mol. The topological polar surface area (TPSA) is 115 Å². The first-order chi connectivity index (χ1) is 30.5. The minimum absolute atomic E-state index is 0.119. The van der Waals surface area contributed by atoms with Crippen molar-refractivity contribution in [3.63, 3.8) is 0 Å². The molecule has 0 radical (unpaired) electrons. The highest BCUT2D eigenvalue weighted by Crippen LogP contribution is 2.64. The normalized spacial score (nSPS) is 14.6. The van der Waals surface area contributed by atoms with Crippen LogP contribution in [-0.4, -0.2) is 93.5 Å². The fourth-order valence-corrected chi connectivity index (χ4v) is 11.0. The first kappa shape index (κ1) is 58.6. The molecule has 2 rings (SSSR count). The number of hydrogen-bond acceptors (Lipinski definition) is 7. The summed E-state index contributed by atoms with van der Waals surface area (Å²) in [7, 11) is -2.57. The molecule has 2 aromatic rings. The zero-order valence-corrected chi connectivity index (χ0v) is 37.2. The van der Waals surface area contributed by atoms with Crippen LogP contribution in [0.3, 0.4) is 0 Å². The van der Waals surface area contributed by atoms with Crippen molar-refractivity contribution in [2.75, 3.05) is 25.6 Å². The van der Waals surface area contributed by atoms with E-state index < -0.39 is 111 Å². The van der Waals surface area contributed by atoms with E-state index in [1.54, 1.807) is 24.3 Å². The van der Waals surface area contributed by atoms with Crippen LogP contribution in [0.25, 0.3) is 0 Å². The Bertz CT molecular complexity index is 1960. The summed E-state index contributed by atoms with van der Waals surface area (Å²) in [6.45, 7) is 5.75. The highest BCUT2D eigenvalue weighted by molar-refractivity contribution is 6.76. The number of amides is 2. The highest BCUT2D eigenvalue weighted by atomic mass is 28.4. The molecule has 0 aliphatic heterocycles. The van der Waals surface area contributed by atoms with Gasteiger partial charge in [-0.2, -0.15) is 74.6 Å². The molecule has 1 atom stereocenters. The number of hydroxylamine groups is 1. The third-order valence-electron chi connectivity index (χ3n) is 10.7. The van der Waals surface area contributed by atoms with E-state index in [9.17, 15) is 75.4 Å². The molecule has 2 aromatic carbocycles. The summed E-state index contributed by atoms with van der Waals surface area (Å²) in [6, 6.07) is 10.7. The van der Waals surface area contributed by atoms with Gasteiger partial charge in [0.2, 0.25) is 0 Å². The molecule has 0 aliphatic rings. The molecular weight excluding hydrogens is 971 g/mol. The third-order valence-corrected chi connectivity index (χ3v) is 16.4.